The van der Waals surface area contributed by atoms with Crippen LogP contribution in [0.5, 0.6) is 0 Å². The fraction of sp³-hybridized carbons (Fsp3) is 0.312. The Morgan fingerprint density at radius 3 is 2.95 bits per heavy atom. The van der Waals surface area contributed by atoms with Crippen molar-refractivity contribution in [2.75, 3.05) is 23.8 Å². The highest BCUT2D eigenvalue weighted by Gasteiger charge is 2.29. The van der Waals surface area contributed by atoms with Crippen LogP contribution < -0.4 is 15.5 Å². The van der Waals surface area contributed by atoms with E-state index in [1.54, 1.807) is 11.3 Å². The normalized spacial score (nSPS) is 16.7. The SMILES string of the molecule is CCNC1C(=O)Nc2cc(N(C)Cc3ccsc3)ccc21. The highest BCUT2D eigenvalue weighted by Crippen LogP contribution is 2.34. The number of anilines is 2. The van der Waals surface area contributed by atoms with E-state index in [2.05, 4.69) is 51.5 Å². The first-order valence-corrected chi connectivity index (χ1v) is 8.03. The van der Waals surface area contributed by atoms with Crippen LogP contribution in [0.25, 0.3) is 0 Å². The lowest BCUT2D eigenvalue weighted by molar-refractivity contribution is -0.117. The number of fused-ring (bicyclic) bond motifs is 1. The summed E-state index contributed by atoms with van der Waals surface area (Å²) >= 11 is 1.71. The highest BCUT2D eigenvalue weighted by molar-refractivity contribution is 7.07. The summed E-state index contributed by atoms with van der Waals surface area (Å²) in [4.78, 5) is 14.2. The van der Waals surface area contributed by atoms with Gasteiger partial charge in [0, 0.05) is 30.5 Å². The van der Waals surface area contributed by atoms with Gasteiger partial charge in [-0.1, -0.05) is 13.0 Å². The van der Waals surface area contributed by atoms with Crippen LogP contribution in [0.3, 0.4) is 0 Å². The summed E-state index contributed by atoms with van der Waals surface area (Å²) < 4.78 is 0. The van der Waals surface area contributed by atoms with E-state index in [1.807, 2.05) is 13.0 Å². The fourth-order valence-electron chi connectivity index (χ4n) is 2.64. The van der Waals surface area contributed by atoms with Crippen LogP contribution in [0.15, 0.2) is 35.0 Å². The number of carbonyl (C=O) groups excluding carboxylic acids is 1. The molecule has 0 fully saturated rings. The molecule has 1 aliphatic heterocycles. The standard InChI is InChI=1S/C16H19N3OS/c1-3-17-15-13-5-4-12(8-14(13)18-16(15)20)19(2)9-11-6-7-21-10-11/h4-8,10,15,17H,3,9H2,1-2H3,(H,18,20). The monoisotopic (exact) mass is 301 g/mol. The van der Waals surface area contributed by atoms with Gasteiger partial charge in [0.15, 0.2) is 0 Å². The van der Waals surface area contributed by atoms with Gasteiger partial charge in [-0.3, -0.25) is 4.79 Å². The second-order valence-electron chi connectivity index (χ2n) is 5.24. The summed E-state index contributed by atoms with van der Waals surface area (Å²) in [5.41, 5.74) is 4.37. The molecular formula is C16H19N3OS. The van der Waals surface area contributed by atoms with Crippen LogP contribution in [0, 0.1) is 0 Å². The molecule has 0 saturated heterocycles. The number of hydrogen-bond acceptors (Lipinski definition) is 4. The zero-order valence-electron chi connectivity index (χ0n) is 12.2. The Balaban J connectivity index is 1.80. The molecule has 2 aromatic rings. The molecule has 3 rings (SSSR count). The number of amides is 1. The van der Waals surface area contributed by atoms with Gasteiger partial charge in [0.05, 0.1) is 0 Å². The molecule has 5 heteroatoms. The molecular weight excluding hydrogens is 282 g/mol. The maximum absolute atomic E-state index is 12.0. The fourth-order valence-corrected chi connectivity index (χ4v) is 3.30. The first-order chi connectivity index (χ1) is 10.2. The van der Waals surface area contributed by atoms with Crippen LogP contribution in [0.2, 0.25) is 0 Å². The van der Waals surface area contributed by atoms with E-state index in [-0.39, 0.29) is 11.9 Å². The van der Waals surface area contributed by atoms with E-state index >= 15 is 0 Å². The molecule has 1 unspecified atom stereocenters. The van der Waals surface area contributed by atoms with E-state index in [0.29, 0.717) is 0 Å². The Labute approximate surface area is 128 Å². The summed E-state index contributed by atoms with van der Waals surface area (Å²) in [6.45, 7) is 3.65. The molecule has 0 radical (unpaired) electrons. The number of likely N-dealkylation sites (N-methyl/N-ethyl adjacent to an activating group) is 1. The van der Waals surface area contributed by atoms with Crippen LogP contribution in [-0.4, -0.2) is 19.5 Å². The van der Waals surface area contributed by atoms with Crippen molar-refractivity contribution in [2.24, 2.45) is 0 Å². The number of hydrogen-bond donors (Lipinski definition) is 2. The first-order valence-electron chi connectivity index (χ1n) is 7.09. The molecule has 21 heavy (non-hydrogen) atoms. The molecule has 4 nitrogen and oxygen atoms in total. The lowest BCUT2D eigenvalue weighted by Gasteiger charge is -2.19. The minimum Gasteiger partial charge on any atom is -0.370 e. The van der Waals surface area contributed by atoms with Crippen molar-refractivity contribution in [1.82, 2.24) is 5.32 Å². The van der Waals surface area contributed by atoms with Crippen molar-refractivity contribution in [3.63, 3.8) is 0 Å². The van der Waals surface area contributed by atoms with Gasteiger partial charge >= 0.3 is 0 Å². The zero-order valence-corrected chi connectivity index (χ0v) is 13.0. The van der Waals surface area contributed by atoms with E-state index in [9.17, 15) is 4.79 Å². The second-order valence-corrected chi connectivity index (χ2v) is 6.02. The van der Waals surface area contributed by atoms with E-state index < -0.39 is 0 Å². The number of nitrogens with one attached hydrogen (secondary N) is 2. The molecule has 0 spiro atoms. The van der Waals surface area contributed by atoms with Gasteiger partial charge in [0.25, 0.3) is 0 Å². The number of carbonyl (C=O) groups is 1. The third kappa shape index (κ3) is 2.80. The van der Waals surface area contributed by atoms with Crippen LogP contribution in [-0.2, 0) is 11.3 Å². The lowest BCUT2D eigenvalue weighted by atomic mass is 10.1. The maximum atomic E-state index is 12.0. The van der Waals surface area contributed by atoms with E-state index in [1.165, 1.54) is 5.56 Å². The minimum atomic E-state index is -0.221. The Hall–Kier alpha value is -1.85. The van der Waals surface area contributed by atoms with Crippen LogP contribution >= 0.6 is 11.3 Å². The van der Waals surface area contributed by atoms with Gasteiger partial charge in [-0.25, -0.2) is 0 Å². The quantitative estimate of drug-likeness (QED) is 0.892. The first kappa shape index (κ1) is 14.1. The Kier molecular flexibility index (Phi) is 3.94. The molecule has 0 aliphatic carbocycles. The van der Waals surface area contributed by atoms with E-state index in [4.69, 9.17) is 0 Å². The van der Waals surface area contributed by atoms with Crippen molar-refractivity contribution in [3.8, 4) is 0 Å². The predicted molar refractivity (Wildman–Crippen MR) is 87.9 cm³/mol. The second kappa shape index (κ2) is 5.87. The number of nitrogens with zero attached hydrogens (tertiary/aromatic N) is 1. The summed E-state index contributed by atoms with van der Waals surface area (Å²) in [5, 5.41) is 10.4. The average molecular weight is 301 g/mol. The molecule has 0 saturated carbocycles. The van der Waals surface area contributed by atoms with Gasteiger partial charge in [-0.05, 0) is 41.1 Å². The molecule has 1 aromatic carbocycles. The Bertz CT molecular complexity index is 639. The maximum Gasteiger partial charge on any atom is 0.246 e. The van der Waals surface area contributed by atoms with Crippen molar-refractivity contribution in [1.29, 1.82) is 0 Å². The molecule has 110 valence electrons. The smallest absolute Gasteiger partial charge is 0.246 e. The average Bonchev–Trinajstić information content (AvgIpc) is 3.07. The van der Waals surface area contributed by atoms with Crippen molar-refractivity contribution in [3.05, 3.63) is 46.2 Å². The summed E-state index contributed by atoms with van der Waals surface area (Å²) in [5.74, 6) is 0.0319. The lowest BCUT2D eigenvalue weighted by Crippen LogP contribution is -2.27. The van der Waals surface area contributed by atoms with Crippen LogP contribution in [0.4, 0.5) is 11.4 Å². The number of benzene rings is 1. The zero-order chi connectivity index (χ0) is 14.8. The largest absolute Gasteiger partial charge is 0.370 e. The van der Waals surface area contributed by atoms with Gasteiger partial charge in [-0.15, -0.1) is 0 Å². The summed E-state index contributed by atoms with van der Waals surface area (Å²) in [7, 11) is 2.07. The van der Waals surface area contributed by atoms with Gasteiger partial charge in [0.2, 0.25) is 5.91 Å². The van der Waals surface area contributed by atoms with Gasteiger partial charge in [0.1, 0.15) is 6.04 Å². The summed E-state index contributed by atoms with van der Waals surface area (Å²) in [6.07, 6.45) is 0. The Morgan fingerprint density at radius 2 is 2.24 bits per heavy atom. The Morgan fingerprint density at radius 1 is 1.38 bits per heavy atom. The molecule has 1 atom stereocenters. The predicted octanol–water partition coefficient (Wildman–Crippen LogP) is 2.99. The summed E-state index contributed by atoms with van der Waals surface area (Å²) in [6, 6.07) is 8.09. The highest BCUT2D eigenvalue weighted by atomic mass is 32.1. The van der Waals surface area contributed by atoms with Crippen LogP contribution in [0.1, 0.15) is 24.1 Å². The molecule has 0 bridgehead atoms. The number of rotatable bonds is 5. The molecule has 1 amide bonds. The van der Waals surface area contributed by atoms with Crippen molar-refractivity contribution >= 4 is 28.6 Å². The van der Waals surface area contributed by atoms with Crippen molar-refractivity contribution in [2.45, 2.75) is 19.5 Å². The van der Waals surface area contributed by atoms with Gasteiger partial charge in [-0.2, -0.15) is 11.3 Å². The molecule has 1 aromatic heterocycles. The number of thiophene rings is 1. The molecule has 2 N–H and O–H groups in total. The molecule has 2 heterocycles. The minimum absolute atomic E-state index is 0.0319. The van der Waals surface area contributed by atoms with Crippen molar-refractivity contribution < 1.29 is 4.79 Å². The molecule has 1 aliphatic rings. The topological polar surface area (TPSA) is 44.4 Å². The van der Waals surface area contributed by atoms with Gasteiger partial charge < -0.3 is 15.5 Å². The third-order valence-electron chi connectivity index (χ3n) is 3.72. The van der Waals surface area contributed by atoms with E-state index in [0.717, 1.165) is 30.0 Å². The third-order valence-corrected chi connectivity index (χ3v) is 4.45.